The van der Waals surface area contributed by atoms with Crippen molar-refractivity contribution in [3.05, 3.63) is 66.7 Å². The van der Waals surface area contributed by atoms with Gasteiger partial charge in [-0.25, -0.2) is 0 Å². The minimum atomic E-state index is -0.488. The topological polar surface area (TPSA) is 86.3 Å². The highest BCUT2D eigenvalue weighted by atomic mass is 16.6. The van der Waals surface area contributed by atoms with Gasteiger partial charge in [-0.15, -0.1) is 0 Å². The first-order valence-corrected chi connectivity index (χ1v) is 6.74. The van der Waals surface area contributed by atoms with Crippen LogP contribution in [0.3, 0.4) is 0 Å². The van der Waals surface area contributed by atoms with Crippen LogP contribution in [0.5, 0.6) is 0 Å². The van der Waals surface area contributed by atoms with Gasteiger partial charge in [0.15, 0.2) is 0 Å². The first-order chi connectivity index (χ1) is 10.2. The van der Waals surface area contributed by atoms with Crippen LogP contribution in [0.4, 0.5) is 11.4 Å². The van der Waals surface area contributed by atoms with Gasteiger partial charge in [-0.3, -0.25) is 20.2 Å². The molecule has 0 amide bonds. The van der Waals surface area contributed by atoms with Gasteiger partial charge in [-0.2, -0.15) is 0 Å². The van der Waals surface area contributed by atoms with E-state index in [1.807, 2.05) is 0 Å². The zero-order valence-electron chi connectivity index (χ0n) is 12.8. The number of benzene rings is 2. The highest BCUT2D eigenvalue weighted by Crippen LogP contribution is 2.41. The summed E-state index contributed by atoms with van der Waals surface area (Å²) in [5.74, 6) is 0. The van der Waals surface area contributed by atoms with Gasteiger partial charge >= 0.3 is 0 Å². The molecule has 0 aliphatic carbocycles. The zero-order valence-corrected chi connectivity index (χ0v) is 12.8. The molecular weight excluding hydrogens is 284 g/mol. The van der Waals surface area contributed by atoms with Gasteiger partial charge in [0, 0.05) is 12.1 Å². The number of aryl methyl sites for hydroxylation is 4. The van der Waals surface area contributed by atoms with Crippen LogP contribution >= 0.6 is 0 Å². The number of nitro benzene ring substituents is 2. The van der Waals surface area contributed by atoms with E-state index in [0.717, 1.165) is 11.1 Å². The Morgan fingerprint density at radius 3 is 1.27 bits per heavy atom. The maximum absolute atomic E-state index is 11.4. The van der Waals surface area contributed by atoms with Crippen molar-refractivity contribution >= 4 is 11.4 Å². The fraction of sp³-hybridized carbons (Fsp3) is 0.250. The first-order valence-electron chi connectivity index (χ1n) is 6.74. The standard InChI is InChI=1S/C16H16N2O4/c1-9-5-11(3)15(13(7-9)17(19)20)16-12(4)6-10(2)8-14(16)18(21)22/h5-8H,1-4H3. The number of nitrogens with zero attached hydrogens (tertiary/aromatic N) is 2. The number of hydrogen-bond donors (Lipinski definition) is 0. The summed E-state index contributed by atoms with van der Waals surface area (Å²) in [6.45, 7) is 7.00. The number of rotatable bonds is 3. The molecule has 0 unspecified atom stereocenters. The molecule has 22 heavy (non-hydrogen) atoms. The lowest BCUT2D eigenvalue weighted by Crippen LogP contribution is -2.01. The fourth-order valence-electron chi connectivity index (χ4n) is 2.83. The maximum atomic E-state index is 11.4. The van der Waals surface area contributed by atoms with E-state index in [-0.39, 0.29) is 11.4 Å². The van der Waals surface area contributed by atoms with Gasteiger partial charge < -0.3 is 0 Å². The Bertz CT molecular complexity index is 730. The lowest BCUT2D eigenvalue weighted by Gasteiger charge is -2.12. The zero-order chi connectivity index (χ0) is 16.6. The molecule has 0 fully saturated rings. The maximum Gasteiger partial charge on any atom is 0.277 e. The highest BCUT2D eigenvalue weighted by Gasteiger charge is 2.27. The molecule has 0 spiro atoms. The Kier molecular flexibility index (Phi) is 3.95. The van der Waals surface area contributed by atoms with Crippen molar-refractivity contribution in [1.29, 1.82) is 0 Å². The van der Waals surface area contributed by atoms with Gasteiger partial charge in [0.1, 0.15) is 0 Å². The third-order valence-electron chi connectivity index (χ3n) is 3.56. The minimum absolute atomic E-state index is 0.104. The second-order valence-electron chi connectivity index (χ2n) is 5.47. The van der Waals surface area contributed by atoms with Crippen LogP contribution in [0.2, 0.25) is 0 Å². The highest BCUT2D eigenvalue weighted by molar-refractivity contribution is 5.85. The van der Waals surface area contributed by atoms with E-state index in [0.29, 0.717) is 22.3 Å². The van der Waals surface area contributed by atoms with Crippen molar-refractivity contribution in [3.8, 4) is 11.1 Å². The molecular formula is C16H16N2O4. The molecule has 0 bridgehead atoms. The van der Waals surface area contributed by atoms with E-state index in [1.54, 1.807) is 39.8 Å². The molecule has 114 valence electrons. The minimum Gasteiger partial charge on any atom is -0.258 e. The molecule has 0 N–H and O–H groups in total. The average molecular weight is 300 g/mol. The van der Waals surface area contributed by atoms with Gasteiger partial charge in [0.25, 0.3) is 11.4 Å². The Hall–Kier alpha value is -2.76. The quantitative estimate of drug-likeness (QED) is 0.620. The molecule has 0 saturated carbocycles. The van der Waals surface area contributed by atoms with Crippen molar-refractivity contribution in [2.24, 2.45) is 0 Å². The third kappa shape index (κ3) is 2.67. The van der Waals surface area contributed by atoms with Crippen molar-refractivity contribution in [2.45, 2.75) is 27.7 Å². The van der Waals surface area contributed by atoms with Crippen LogP contribution in [-0.2, 0) is 0 Å². The van der Waals surface area contributed by atoms with E-state index in [4.69, 9.17) is 0 Å². The van der Waals surface area contributed by atoms with Crippen LogP contribution in [0.1, 0.15) is 22.3 Å². The molecule has 0 aromatic heterocycles. The molecule has 0 heterocycles. The Labute approximate surface area is 127 Å². The molecule has 6 heteroatoms. The van der Waals surface area contributed by atoms with Crippen molar-refractivity contribution < 1.29 is 9.85 Å². The second-order valence-corrected chi connectivity index (χ2v) is 5.47. The van der Waals surface area contributed by atoms with E-state index >= 15 is 0 Å². The van der Waals surface area contributed by atoms with E-state index < -0.39 is 9.85 Å². The van der Waals surface area contributed by atoms with Crippen LogP contribution in [0, 0.1) is 47.9 Å². The Morgan fingerprint density at radius 2 is 1.00 bits per heavy atom. The summed E-state index contributed by atoms with van der Waals surface area (Å²) in [4.78, 5) is 21.8. The normalized spacial score (nSPS) is 10.5. The van der Waals surface area contributed by atoms with E-state index in [1.165, 1.54) is 12.1 Å². The molecule has 6 nitrogen and oxygen atoms in total. The molecule has 2 aromatic carbocycles. The molecule has 0 saturated heterocycles. The average Bonchev–Trinajstić information content (AvgIpc) is 2.38. The van der Waals surface area contributed by atoms with Crippen LogP contribution in [-0.4, -0.2) is 9.85 Å². The summed E-state index contributed by atoms with van der Waals surface area (Å²) in [7, 11) is 0. The van der Waals surface area contributed by atoms with E-state index in [9.17, 15) is 20.2 Å². The second kappa shape index (κ2) is 5.55. The SMILES string of the molecule is Cc1cc(C)c(-c2c(C)cc(C)cc2[N+](=O)[O-])c([N+](=O)[O-])c1. The summed E-state index contributed by atoms with van der Waals surface area (Å²) in [6.07, 6.45) is 0. The summed E-state index contributed by atoms with van der Waals surface area (Å²) >= 11 is 0. The number of hydrogen-bond acceptors (Lipinski definition) is 4. The van der Waals surface area contributed by atoms with Crippen LogP contribution < -0.4 is 0 Å². The van der Waals surface area contributed by atoms with Crippen molar-refractivity contribution in [2.75, 3.05) is 0 Å². The summed E-state index contributed by atoms with van der Waals surface area (Å²) in [5, 5.41) is 22.8. The van der Waals surface area contributed by atoms with E-state index in [2.05, 4.69) is 0 Å². The molecule has 0 radical (unpaired) electrons. The fourth-order valence-corrected chi connectivity index (χ4v) is 2.83. The van der Waals surface area contributed by atoms with Crippen LogP contribution in [0.25, 0.3) is 11.1 Å². The summed E-state index contributed by atoms with van der Waals surface area (Å²) < 4.78 is 0. The lowest BCUT2D eigenvalue weighted by molar-refractivity contribution is -0.386. The van der Waals surface area contributed by atoms with Crippen molar-refractivity contribution in [1.82, 2.24) is 0 Å². The third-order valence-corrected chi connectivity index (χ3v) is 3.56. The molecule has 0 atom stereocenters. The summed E-state index contributed by atoms with van der Waals surface area (Å²) in [6, 6.07) is 6.49. The van der Waals surface area contributed by atoms with Crippen molar-refractivity contribution in [3.63, 3.8) is 0 Å². The van der Waals surface area contributed by atoms with Crippen LogP contribution in [0.15, 0.2) is 24.3 Å². The predicted octanol–water partition coefficient (Wildman–Crippen LogP) is 4.40. The first kappa shape index (κ1) is 15.6. The summed E-state index contributed by atoms with van der Waals surface area (Å²) in [5.41, 5.74) is 3.24. The lowest BCUT2D eigenvalue weighted by atomic mass is 9.91. The largest absolute Gasteiger partial charge is 0.277 e. The van der Waals surface area contributed by atoms with Gasteiger partial charge in [0.2, 0.25) is 0 Å². The van der Waals surface area contributed by atoms with Gasteiger partial charge in [-0.1, -0.05) is 12.1 Å². The Balaban J connectivity index is 2.94. The van der Waals surface area contributed by atoms with Gasteiger partial charge in [0.05, 0.1) is 21.0 Å². The number of nitro groups is 2. The molecule has 0 aliphatic heterocycles. The monoisotopic (exact) mass is 300 g/mol. The van der Waals surface area contributed by atoms with Gasteiger partial charge in [-0.05, 0) is 49.9 Å². The molecule has 2 aromatic rings. The molecule has 0 aliphatic rings. The predicted molar refractivity (Wildman–Crippen MR) is 84.1 cm³/mol. The molecule has 2 rings (SSSR count). The smallest absolute Gasteiger partial charge is 0.258 e. The Morgan fingerprint density at radius 1 is 0.682 bits per heavy atom.